The topological polar surface area (TPSA) is 104 Å². The summed E-state index contributed by atoms with van der Waals surface area (Å²) in [6, 6.07) is 2.48. The van der Waals surface area contributed by atoms with E-state index in [0.717, 1.165) is 0 Å². The number of amides is 1. The lowest BCUT2D eigenvalue weighted by Gasteiger charge is -2.09. The molecule has 0 aromatic carbocycles. The number of primary amides is 1. The molecule has 1 unspecified atom stereocenters. The van der Waals surface area contributed by atoms with Crippen molar-refractivity contribution in [3.8, 4) is 0 Å². The summed E-state index contributed by atoms with van der Waals surface area (Å²) in [6.45, 7) is 3.65. The molecule has 0 aliphatic carbocycles. The van der Waals surface area contributed by atoms with E-state index in [4.69, 9.17) is 10.5 Å². The maximum Gasteiger partial charge on any atom is 0.359 e. The van der Waals surface area contributed by atoms with Gasteiger partial charge in [-0.1, -0.05) is 6.92 Å². The van der Waals surface area contributed by atoms with Crippen LogP contribution >= 0.6 is 0 Å². The third-order valence-corrected chi connectivity index (χ3v) is 2.20. The Hall–Kier alpha value is -2.18. The van der Waals surface area contributed by atoms with Gasteiger partial charge < -0.3 is 10.5 Å². The van der Waals surface area contributed by atoms with Gasteiger partial charge >= 0.3 is 5.97 Å². The van der Waals surface area contributed by atoms with Crippen LogP contribution in [0.3, 0.4) is 0 Å². The van der Waals surface area contributed by atoms with Crippen molar-refractivity contribution in [1.29, 1.82) is 0 Å². The second-order valence-electron chi connectivity index (χ2n) is 3.73. The smallest absolute Gasteiger partial charge is 0.359 e. The van der Waals surface area contributed by atoms with Gasteiger partial charge in [-0.2, -0.15) is 5.10 Å². The Labute approximate surface area is 104 Å². The van der Waals surface area contributed by atoms with Crippen LogP contribution < -0.4 is 11.3 Å². The molecule has 7 heteroatoms. The Morgan fingerprint density at radius 2 is 2.17 bits per heavy atom. The van der Waals surface area contributed by atoms with Crippen molar-refractivity contribution in [2.45, 2.75) is 32.9 Å². The fourth-order valence-corrected chi connectivity index (χ4v) is 1.21. The Balaban J connectivity index is 2.89. The molecule has 7 nitrogen and oxygen atoms in total. The van der Waals surface area contributed by atoms with Crippen molar-refractivity contribution in [2.24, 2.45) is 5.73 Å². The number of aryl methyl sites for hydroxylation is 1. The van der Waals surface area contributed by atoms with Crippen LogP contribution in [-0.2, 0) is 16.1 Å². The van der Waals surface area contributed by atoms with Crippen molar-refractivity contribution in [2.75, 3.05) is 0 Å². The SMILES string of the molecule is CCCn1nc(C(=O)OC(C)C(N)=O)ccc1=O. The lowest BCUT2D eigenvalue weighted by Crippen LogP contribution is -2.32. The summed E-state index contributed by atoms with van der Waals surface area (Å²) in [5.41, 5.74) is 4.65. The highest BCUT2D eigenvalue weighted by Crippen LogP contribution is 1.99. The number of hydrogen-bond donors (Lipinski definition) is 1. The minimum Gasteiger partial charge on any atom is -0.448 e. The number of esters is 1. The number of rotatable bonds is 5. The Bertz CT molecular complexity index is 509. The van der Waals surface area contributed by atoms with Gasteiger partial charge in [-0.25, -0.2) is 9.48 Å². The van der Waals surface area contributed by atoms with E-state index in [1.54, 1.807) is 0 Å². The first-order valence-electron chi connectivity index (χ1n) is 5.54. The van der Waals surface area contributed by atoms with E-state index < -0.39 is 18.0 Å². The molecule has 0 bridgehead atoms. The first-order chi connectivity index (χ1) is 8.45. The second-order valence-corrected chi connectivity index (χ2v) is 3.73. The van der Waals surface area contributed by atoms with Gasteiger partial charge in [-0.05, 0) is 19.4 Å². The van der Waals surface area contributed by atoms with E-state index >= 15 is 0 Å². The molecule has 1 rings (SSSR count). The minimum absolute atomic E-state index is 0.0313. The van der Waals surface area contributed by atoms with E-state index in [9.17, 15) is 14.4 Å². The standard InChI is InChI=1S/C11H15N3O4/c1-3-6-14-9(15)5-4-8(13-14)11(17)18-7(2)10(12)16/h4-5,7H,3,6H2,1-2H3,(H2,12,16). The summed E-state index contributed by atoms with van der Waals surface area (Å²) in [5, 5.41) is 3.85. The molecule has 0 saturated heterocycles. The average molecular weight is 253 g/mol. The number of aromatic nitrogens is 2. The molecule has 1 amide bonds. The molecule has 98 valence electrons. The molecule has 1 aromatic heterocycles. The molecule has 0 saturated carbocycles. The van der Waals surface area contributed by atoms with Crippen molar-refractivity contribution in [3.05, 3.63) is 28.2 Å². The van der Waals surface area contributed by atoms with Crippen LogP contribution in [0.4, 0.5) is 0 Å². The van der Waals surface area contributed by atoms with Gasteiger partial charge in [-0.3, -0.25) is 9.59 Å². The van der Waals surface area contributed by atoms with E-state index in [-0.39, 0.29) is 11.3 Å². The maximum absolute atomic E-state index is 11.6. The Morgan fingerprint density at radius 3 is 2.72 bits per heavy atom. The summed E-state index contributed by atoms with van der Waals surface area (Å²) in [7, 11) is 0. The van der Waals surface area contributed by atoms with Crippen LogP contribution in [0.5, 0.6) is 0 Å². The van der Waals surface area contributed by atoms with Gasteiger partial charge in [0.05, 0.1) is 0 Å². The summed E-state index contributed by atoms with van der Waals surface area (Å²) in [5.74, 6) is -1.53. The lowest BCUT2D eigenvalue weighted by atomic mass is 10.3. The van der Waals surface area contributed by atoms with E-state index in [1.165, 1.54) is 23.7 Å². The summed E-state index contributed by atoms with van der Waals surface area (Å²) in [6.07, 6.45) is -0.325. The lowest BCUT2D eigenvalue weighted by molar-refractivity contribution is -0.125. The van der Waals surface area contributed by atoms with Crippen LogP contribution in [0.1, 0.15) is 30.8 Å². The number of ether oxygens (including phenoxy) is 1. The van der Waals surface area contributed by atoms with Crippen LogP contribution in [-0.4, -0.2) is 27.8 Å². The predicted molar refractivity (Wildman–Crippen MR) is 62.9 cm³/mol. The van der Waals surface area contributed by atoms with Gasteiger partial charge in [0.25, 0.3) is 11.5 Å². The Kier molecular flexibility index (Phi) is 4.59. The fourth-order valence-electron chi connectivity index (χ4n) is 1.21. The Morgan fingerprint density at radius 1 is 1.50 bits per heavy atom. The summed E-state index contributed by atoms with van der Waals surface area (Å²) < 4.78 is 5.95. The zero-order valence-electron chi connectivity index (χ0n) is 10.3. The first kappa shape index (κ1) is 13.9. The quantitative estimate of drug-likeness (QED) is 0.724. The normalized spacial score (nSPS) is 11.9. The molecule has 1 atom stereocenters. The van der Waals surface area contributed by atoms with E-state index in [0.29, 0.717) is 13.0 Å². The largest absolute Gasteiger partial charge is 0.448 e. The molecule has 1 heterocycles. The number of hydrogen-bond acceptors (Lipinski definition) is 5. The predicted octanol–water partition coefficient (Wildman–Crippen LogP) is -0.316. The number of carbonyl (C=O) groups is 2. The minimum atomic E-state index is -1.04. The van der Waals surface area contributed by atoms with Crippen molar-refractivity contribution in [3.63, 3.8) is 0 Å². The van der Waals surface area contributed by atoms with Crippen molar-refractivity contribution < 1.29 is 14.3 Å². The second kappa shape index (κ2) is 5.95. The van der Waals surface area contributed by atoms with Crippen LogP contribution in [0.25, 0.3) is 0 Å². The van der Waals surface area contributed by atoms with Gasteiger partial charge in [0, 0.05) is 12.6 Å². The zero-order valence-corrected chi connectivity index (χ0v) is 10.3. The molecule has 0 fully saturated rings. The average Bonchev–Trinajstić information content (AvgIpc) is 2.31. The maximum atomic E-state index is 11.6. The third-order valence-electron chi connectivity index (χ3n) is 2.20. The molecule has 0 spiro atoms. The van der Waals surface area contributed by atoms with Gasteiger partial charge in [0.1, 0.15) is 0 Å². The van der Waals surface area contributed by atoms with Crippen molar-refractivity contribution >= 4 is 11.9 Å². The molecule has 1 aromatic rings. The highest BCUT2D eigenvalue weighted by atomic mass is 16.5. The molecule has 0 radical (unpaired) electrons. The number of nitrogens with two attached hydrogens (primary N) is 1. The van der Waals surface area contributed by atoms with E-state index in [2.05, 4.69) is 5.10 Å². The van der Waals surface area contributed by atoms with Crippen LogP contribution in [0.15, 0.2) is 16.9 Å². The number of carbonyl (C=O) groups excluding carboxylic acids is 2. The molecule has 18 heavy (non-hydrogen) atoms. The summed E-state index contributed by atoms with van der Waals surface area (Å²) >= 11 is 0. The van der Waals surface area contributed by atoms with Crippen molar-refractivity contribution in [1.82, 2.24) is 9.78 Å². The van der Waals surface area contributed by atoms with Gasteiger partial charge in [-0.15, -0.1) is 0 Å². The molecular weight excluding hydrogens is 238 g/mol. The van der Waals surface area contributed by atoms with Crippen LogP contribution in [0.2, 0.25) is 0 Å². The highest BCUT2D eigenvalue weighted by molar-refractivity contribution is 5.90. The van der Waals surface area contributed by atoms with Crippen LogP contribution in [0, 0.1) is 0 Å². The molecular formula is C11H15N3O4. The molecule has 2 N–H and O–H groups in total. The molecule has 0 aliphatic rings. The monoisotopic (exact) mass is 253 g/mol. The fraction of sp³-hybridized carbons (Fsp3) is 0.455. The molecule has 0 aliphatic heterocycles. The first-order valence-corrected chi connectivity index (χ1v) is 5.54. The zero-order chi connectivity index (χ0) is 13.7. The highest BCUT2D eigenvalue weighted by Gasteiger charge is 2.17. The third kappa shape index (κ3) is 3.41. The number of nitrogens with zero attached hydrogens (tertiary/aromatic N) is 2. The van der Waals surface area contributed by atoms with Gasteiger partial charge in [0.2, 0.25) is 0 Å². The van der Waals surface area contributed by atoms with Gasteiger partial charge in [0.15, 0.2) is 11.8 Å². The summed E-state index contributed by atoms with van der Waals surface area (Å²) in [4.78, 5) is 33.8. The van der Waals surface area contributed by atoms with E-state index in [1.807, 2.05) is 6.92 Å².